The summed E-state index contributed by atoms with van der Waals surface area (Å²) in [6.45, 7) is 4.08. The lowest BCUT2D eigenvalue weighted by Crippen LogP contribution is -2.41. The zero-order chi connectivity index (χ0) is 13.8. The largest absolute Gasteiger partial charge is 0.329 e. The Bertz CT molecular complexity index is 404. The van der Waals surface area contributed by atoms with Crippen molar-refractivity contribution in [2.24, 2.45) is 11.1 Å². The van der Waals surface area contributed by atoms with Crippen LogP contribution in [0.25, 0.3) is 0 Å². The molecule has 0 saturated heterocycles. The molecule has 3 nitrogen and oxygen atoms in total. The highest BCUT2D eigenvalue weighted by Crippen LogP contribution is 2.27. The van der Waals surface area contributed by atoms with Crippen LogP contribution in [0.4, 0.5) is 10.1 Å². The van der Waals surface area contributed by atoms with E-state index in [9.17, 15) is 9.18 Å². The van der Waals surface area contributed by atoms with E-state index in [0.29, 0.717) is 18.5 Å². The second-order valence-electron chi connectivity index (χ2n) is 4.30. The third kappa shape index (κ3) is 3.21. The molecule has 0 aliphatic heterocycles. The highest BCUT2D eigenvalue weighted by Gasteiger charge is 2.33. The molecule has 0 aromatic heterocycles. The van der Waals surface area contributed by atoms with Crippen molar-refractivity contribution in [3.8, 4) is 0 Å². The van der Waals surface area contributed by atoms with Gasteiger partial charge in [-0.3, -0.25) is 4.79 Å². The van der Waals surface area contributed by atoms with Crippen LogP contribution in [-0.2, 0) is 4.79 Å². The van der Waals surface area contributed by atoms with Crippen molar-refractivity contribution in [1.29, 1.82) is 0 Å². The molecule has 0 aliphatic rings. The SMILES string of the molecule is CCC(CC)(CN)C(=O)Nc1cc(F)cc(Cl)c1. The van der Waals surface area contributed by atoms with E-state index in [1.807, 2.05) is 13.8 Å². The number of hydrogen-bond donors (Lipinski definition) is 2. The summed E-state index contributed by atoms with van der Waals surface area (Å²) in [5.74, 6) is -0.680. The number of halogens is 2. The summed E-state index contributed by atoms with van der Waals surface area (Å²) < 4.78 is 13.2. The average Bonchev–Trinajstić information content (AvgIpc) is 2.30. The van der Waals surface area contributed by atoms with Gasteiger partial charge in [0.1, 0.15) is 5.82 Å². The molecule has 0 atom stereocenters. The lowest BCUT2D eigenvalue weighted by Gasteiger charge is -2.28. The van der Waals surface area contributed by atoms with Crippen molar-refractivity contribution in [3.05, 3.63) is 29.0 Å². The summed E-state index contributed by atoms with van der Waals surface area (Å²) in [6.07, 6.45) is 1.27. The number of amides is 1. The molecule has 0 unspecified atom stereocenters. The summed E-state index contributed by atoms with van der Waals surface area (Å²) in [5, 5.41) is 2.92. The topological polar surface area (TPSA) is 55.1 Å². The molecular weight excluding hydrogens is 255 g/mol. The first-order valence-electron chi connectivity index (χ1n) is 5.95. The summed E-state index contributed by atoms with van der Waals surface area (Å²) in [6, 6.07) is 3.93. The van der Waals surface area contributed by atoms with Gasteiger partial charge in [-0.05, 0) is 31.0 Å². The minimum Gasteiger partial charge on any atom is -0.329 e. The van der Waals surface area contributed by atoms with Crippen molar-refractivity contribution in [2.45, 2.75) is 26.7 Å². The van der Waals surface area contributed by atoms with Crippen LogP contribution in [0.5, 0.6) is 0 Å². The molecule has 0 aliphatic carbocycles. The van der Waals surface area contributed by atoms with Gasteiger partial charge in [-0.1, -0.05) is 25.4 Å². The molecule has 0 spiro atoms. The number of benzene rings is 1. The lowest BCUT2D eigenvalue weighted by molar-refractivity contribution is -0.125. The zero-order valence-corrected chi connectivity index (χ0v) is 11.4. The van der Waals surface area contributed by atoms with Crippen molar-refractivity contribution >= 4 is 23.2 Å². The molecule has 1 aromatic rings. The first-order valence-corrected chi connectivity index (χ1v) is 6.33. The second kappa shape index (κ2) is 6.16. The maximum absolute atomic E-state index is 13.2. The van der Waals surface area contributed by atoms with Crippen molar-refractivity contribution < 1.29 is 9.18 Å². The molecule has 3 N–H and O–H groups in total. The van der Waals surface area contributed by atoms with Crippen LogP contribution < -0.4 is 11.1 Å². The molecule has 18 heavy (non-hydrogen) atoms. The van der Waals surface area contributed by atoms with Crippen molar-refractivity contribution in [3.63, 3.8) is 0 Å². The Morgan fingerprint density at radius 2 is 2.00 bits per heavy atom. The van der Waals surface area contributed by atoms with Crippen LogP contribution >= 0.6 is 11.6 Å². The van der Waals surface area contributed by atoms with Gasteiger partial charge in [-0.2, -0.15) is 0 Å². The smallest absolute Gasteiger partial charge is 0.231 e. The van der Waals surface area contributed by atoms with Gasteiger partial charge in [0.2, 0.25) is 5.91 Å². The molecule has 100 valence electrons. The van der Waals surface area contributed by atoms with E-state index in [1.165, 1.54) is 18.2 Å². The Labute approximate surface area is 112 Å². The molecule has 0 radical (unpaired) electrons. The molecule has 1 rings (SSSR count). The maximum atomic E-state index is 13.2. The molecule has 0 saturated carbocycles. The number of rotatable bonds is 5. The Morgan fingerprint density at radius 1 is 1.39 bits per heavy atom. The first-order chi connectivity index (χ1) is 8.47. The van der Waals surface area contributed by atoms with Crippen LogP contribution in [0, 0.1) is 11.2 Å². The molecule has 0 fully saturated rings. The number of carbonyl (C=O) groups is 1. The van der Waals surface area contributed by atoms with Gasteiger partial charge in [0.25, 0.3) is 0 Å². The van der Waals surface area contributed by atoms with Crippen LogP contribution in [0.2, 0.25) is 5.02 Å². The Kier molecular flexibility index (Phi) is 5.11. The van der Waals surface area contributed by atoms with Crippen LogP contribution in [0.15, 0.2) is 18.2 Å². The quantitative estimate of drug-likeness (QED) is 0.865. The van der Waals surface area contributed by atoms with E-state index in [4.69, 9.17) is 17.3 Å². The highest BCUT2D eigenvalue weighted by molar-refractivity contribution is 6.30. The van der Waals surface area contributed by atoms with Gasteiger partial charge in [0, 0.05) is 17.3 Å². The van der Waals surface area contributed by atoms with Gasteiger partial charge in [0.15, 0.2) is 0 Å². The van der Waals surface area contributed by atoms with Crippen LogP contribution in [0.1, 0.15) is 26.7 Å². The predicted molar refractivity (Wildman–Crippen MR) is 72.1 cm³/mol. The van der Waals surface area contributed by atoms with E-state index >= 15 is 0 Å². The molecule has 5 heteroatoms. The summed E-state index contributed by atoms with van der Waals surface area (Å²) in [4.78, 5) is 12.2. The third-order valence-corrected chi connectivity index (χ3v) is 3.56. The number of hydrogen-bond acceptors (Lipinski definition) is 2. The van der Waals surface area contributed by atoms with Crippen LogP contribution in [0.3, 0.4) is 0 Å². The van der Waals surface area contributed by atoms with E-state index < -0.39 is 11.2 Å². The van der Waals surface area contributed by atoms with Crippen molar-refractivity contribution in [1.82, 2.24) is 0 Å². The molecule has 0 heterocycles. The van der Waals surface area contributed by atoms with Crippen molar-refractivity contribution in [2.75, 3.05) is 11.9 Å². The van der Waals surface area contributed by atoms with Gasteiger partial charge >= 0.3 is 0 Å². The van der Waals surface area contributed by atoms with E-state index in [0.717, 1.165) is 0 Å². The highest BCUT2D eigenvalue weighted by atomic mass is 35.5. The number of anilines is 1. The molecule has 1 aromatic carbocycles. The maximum Gasteiger partial charge on any atom is 0.231 e. The van der Waals surface area contributed by atoms with Crippen LogP contribution in [-0.4, -0.2) is 12.5 Å². The molecule has 1 amide bonds. The van der Waals surface area contributed by atoms with E-state index in [2.05, 4.69) is 5.32 Å². The Morgan fingerprint density at radius 3 is 2.44 bits per heavy atom. The number of nitrogens with two attached hydrogens (primary N) is 1. The Balaban J connectivity index is 2.92. The van der Waals surface area contributed by atoms with E-state index in [-0.39, 0.29) is 17.5 Å². The Hall–Kier alpha value is -1.13. The van der Waals surface area contributed by atoms with Gasteiger partial charge in [-0.25, -0.2) is 4.39 Å². The fraction of sp³-hybridized carbons (Fsp3) is 0.462. The fourth-order valence-corrected chi connectivity index (χ4v) is 2.06. The monoisotopic (exact) mass is 272 g/mol. The summed E-state index contributed by atoms with van der Waals surface area (Å²) in [5.41, 5.74) is 5.42. The number of nitrogens with one attached hydrogen (secondary N) is 1. The average molecular weight is 273 g/mol. The fourth-order valence-electron chi connectivity index (χ4n) is 1.84. The zero-order valence-electron chi connectivity index (χ0n) is 10.6. The van der Waals surface area contributed by atoms with E-state index in [1.54, 1.807) is 0 Å². The first kappa shape index (κ1) is 14.9. The summed E-state index contributed by atoms with van der Waals surface area (Å²) >= 11 is 5.73. The number of carbonyl (C=O) groups excluding carboxylic acids is 1. The second-order valence-corrected chi connectivity index (χ2v) is 4.74. The minimum absolute atomic E-state index is 0.198. The minimum atomic E-state index is -0.612. The molecule has 0 bridgehead atoms. The van der Waals surface area contributed by atoms with Gasteiger partial charge in [-0.15, -0.1) is 0 Å². The molecular formula is C13H18ClFN2O. The predicted octanol–water partition coefficient (Wildman–Crippen LogP) is 3.18. The third-order valence-electron chi connectivity index (χ3n) is 3.35. The summed E-state index contributed by atoms with van der Waals surface area (Å²) in [7, 11) is 0. The lowest BCUT2D eigenvalue weighted by atomic mass is 9.81. The standard InChI is InChI=1S/C13H18ClFN2O/c1-3-13(4-2,8-16)12(18)17-11-6-9(14)5-10(15)7-11/h5-7H,3-4,8,16H2,1-2H3,(H,17,18). The van der Waals surface area contributed by atoms with Gasteiger partial charge < -0.3 is 11.1 Å². The normalized spacial score (nSPS) is 11.4. The van der Waals surface area contributed by atoms with Gasteiger partial charge in [0.05, 0.1) is 5.41 Å².